The van der Waals surface area contributed by atoms with Gasteiger partial charge in [0.25, 0.3) is 0 Å². The van der Waals surface area contributed by atoms with Crippen molar-refractivity contribution in [1.29, 1.82) is 0 Å². The van der Waals surface area contributed by atoms with Crippen molar-refractivity contribution in [1.82, 2.24) is 4.72 Å². The monoisotopic (exact) mass is 370 g/mol. The second-order valence-corrected chi connectivity index (χ2v) is 7.63. The lowest BCUT2D eigenvalue weighted by Crippen LogP contribution is -2.23. The molecule has 0 bridgehead atoms. The number of hydrogen-bond acceptors (Lipinski definition) is 6. The van der Waals surface area contributed by atoms with Gasteiger partial charge in [0.15, 0.2) is 0 Å². The third-order valence-electron chi connectivity index (χ3n) is 2.91. The Bertz CT molecular complexity index is 760. The molecular weight excluding hydrogens is 352 g/mol. The van der Waals surface area contributed by atoms with Gasteiger partial charge in [-0.3, -0.25) is 4.79 Å². The smallest absolute Gasteiger partial charge is 0.241 e. The van der Waals surface area contributed by atoms with Gasteiger partial charge in [0, 0.05) is 11.4 Å². The average Bonchev–Trinajstić information content (AvgIpc) is 3.07. The van der Waals surface area contributed by atoms with Crippen LogP contribution < -0.4 is 10.0 Å². The summed E-state index contributed by atoms with van der Waals surface area (Å²) < 4.78 is 32.1. The van der Waals surface area contributed by atoms with E-state index in [-0.39, 0.29) is 29.7 Å². The summed E-state index contributed by atoms with van der Waals surface area (Å²) in [4.78, 5) is 11.8. The van der Waals surface area contributed by atoms with E-state index in [9.17, 15) is 13.2 Å². The summed E-state index contributed by atoms with van der Waals surface area (Å²) in [7, 11) is -3.72. The number of carbonyl (C=O) groups is 1. The van der Waals surface area contributed by atoms with Crippen molar-refractivity contribution >= 4 is 33.4 Å². The molecule has 1 aromatic carbocycles. The number of benzene rings is 1. The fraction of sp³-hybridized carbons (Fsp3) is 0.267. The highest BCUT2D eigenvalue weighted by atomic mass is 32.2. The fourth-order valence-electron chi connectivity index (χ4n) is 1.83. The molecule has 2 aromatic rings. The Hall–Kier alpha value is -1.81. The second kappa shape index (κ2) is 8.88. The number of rotatable bonds is 9. The van der Waals surface area contributed by atoms with Crippen LogP contribution in [0.3, 0.4) is 0 Å². The Labute approximate surface area is 144 Å². The van der Waals surface area contributed by atoms with Gasteiger partial charge in [-0.1, -0.05) is 6.07 Å². The minimum Gasteiger partial charge on any atom is -0.468 e. The standard InChI is InChI=1S/C15H18N2O5S2/c18-6-8-23-11-15(19)17-12-3-1-5-14(9-12)24(20,21)16-10-13-4-2-7-22-13/h1-5,7,9,16,18H,6,8,10-11H2,(H,17,19). The SMILES string of the molecule is O=C(CSCCO)Nc1cccc(S(=O)(=O)NCc2ccco2)c1. The van der Waals surface area contributed by atoms with Crippen LogP contribution in [0.5, 0.6) is 0 Å². The average molecular weight is 370 g/mol. The first-order valence-corrected chi connectivity index (χ1v) is 9.75. The highest BCUT2D eigenvalue weighted by Gasteiger charge is 2.15. The van der Waals surface area contributed by atoms with Crippen molar-refractivity contribution in [3.8, 4) is 0 Å². The van der Waals surface area contributed by atoms with Crippen molar-refractivity contribution in [2.24, 2.45) is 0 Å². The van der Waals surface area contributed by atoms with Crippen molar-refractivity contribution in [3.63, 3.8) is 0 Å². The third-order valence-corrected chi connectivity index (χ3v) is 5.25. The molecule has 9 heteroatoms. The van der Waals surface area contributed by atoms with E-state index in [1.54, 1.807) is 24.3 Å². The van der Waals surface area contributed by atoms with E-state index < -0.39 is 10.0 Å². The Morgan fingerprint density at radius 2 is 2.08 bits per heavy atom. The molecule has 0 saturated carbocycles. The number of nitrogens with one attached hydrogen (secondary N) is 2. The summed E-state index contributed by atoms with van der Waals surface area (Å²) in [6, 6.07) is 9.34. The summed E-state index contributed by atoms with van der Waals surface area (Å²) >= 11 is 1.29. The maximum absolute atomic E-state index is 12.3. The van der Waals surface area contributed by atoms with Gasteiger partial charge in [-0.2, -0.15) is 0 Å². The molecule has 24 heavy (non-hydrogen) atoms. The number of anilines is 1. The van der Waals surface area contributed by atoms with E-state index in [2.05, 4.69) is 10.0 Å². The van der Waals surface area contributed by atoms with E-state index in [0.717, 1.165) is 0 Å². The summed E-state index contributed by atoms with van der Waals surface area (Å²) in [6.07, 6.45) is 1.47. The Balaban J connectivity index is 1.99. The quantitative estimate of drug-likeness (QED) is 0.576. The maximum Gasteiger partial charge on any atom is 0.241 e. The van der Waals surface area contributed by atoms with Crippen molar-refractivity contribution < 1.29 is 22.7 Å². The molecule has 1 amide bonds. The van der Waals surface area contributed by atoms with Gasteiger partial charge in [0.2, 0.25) is 15.9 Å². The van der Waals surface area contributed by atoms with Crippen LogP contribution in [0.15, 0.2) is 52.0 Å². The van der Waals surface area contributed by atoms with Gasteiger partial charge in [0.1, 0.15) is 5.76 Å². The molecule has 130 valence electrons. The molecule has 0 radical (unpaired) electrons. The minimum atomic E-state index is -3.72. The molecule has 2 rings (SSSR count). The van der Waals surface area contributed by atoms with Gasteiger partial charge >= 0.3 is 0 Å². The number of thioether (sulfide) groups is 1. The molecule has 1 heterocycles. The zero-order valence-corrected chi connectivity index (χ0v) is 14.4. The molecule has 1 aromatic heterocycles. The maximum atomic E-state index is 12.3. The van der Waals surface area contributed by atoms with Crippen LogP contribution in [-0.2, 0) is 21.4 Å². The summed E-state index contributed by atoms with van der Waals surface area (Å²) in [5.41, 5.74) is 0.394. The Kier molecular flexibility index (Phi) is 6.85. The Morgan fingerprint density at radius 1 is 1.25 bits per heavy atom. The molecule has 3 N–H and O–H groups in total. The van der Waals surface area contributed by atoms with Gasteiger partial charge in [-0.05, 0) is 30.3 Å². The van der Waals surface area contributed by atoms with Gasteiger partial charge in [0.05, 0.1) is 30.1 Å². The third kappa shape index (κ3) is 5.68. The van der Waals surface area contributed by atoms with Crippen LogP contribution >= 0.6 is 11.8 Å². The fourth-order valence-corrected chi connectivity index (χ4v) is 3.40. The molecule has 0 aliphatic carbocycles. The zero-order chi connectivity index (χ0) is 17.4. The Morgan fingerprint density at radius 3 is 2.79 bits per heavy atom. The van der Waals surface area contributed by atoms with Crippen molar-refractivity contribution in [2.45, 2.75) is 11.4 Å². The van der Waals surface area contributed by atoms with E-state index >= 15 is 0 Å². The number of aliphatic hydroxyl groups excluding tert-OH is 1. The van der Waals surface area contributed by atoms with Gasteiger partial charge in [-0.25, -0.2) is 13.1 Å². The molecule has 7 nitrogen and oxygen atoms in total. The van der Waals surface area contributed by atoms with E-state index in [1.165, 1.54) is 30.2 Å². The first-order chi connectivity index (χ1) is 11.5. The number of sulfonamides is 1. The number of amides is 1. The highest BCUT2D eigenvalue weighted by molar-refractivity contribution is 7.99. The summed E-state index contributed by atoms with van der Waals surface area (Å²) in [5, 5.41) is 11.3. The van der Waals surface area contributed by atoms with Crippen LogP contribution in [0.4, 0.5) is 5.69 Å². The van der Waals surface area contributed by atoms with E-state index in [0.29, 0.717) is 17.2 Å². The van der Waals surface area contributed by atoms with E-state index in [1.807, 2.05) is 0 Å². The molecule has 0 aliphatic rings. The largest absolute Gasteiger partial charge is 0.468 e. The first kappa shape index (κ1) is 18.5. The van der Waals surface area contributed by atoms with Gasteiger partial charge in [-0.15, -0.1) is 11.8 Å². The highest BCUT2D eigenvalue weighted by Crippen LogP contribution is 2.16. The first-order valence-electron chi connectivity index (χ1n) is 7.12. The number of aliphatic hydroxyl groups is 1. The minimum absolute atomic E-state index is 0.00696. The zero-order valence-electron chi connectivity index (χ0n) is 12.8. The lowest BCUT2D eigenvalue weighted by Gasteiger charge is -2.09. The topological polar surface area (TPSA) is 109 Å². The lowest BCUT2D eigenvalue weighted by atomic mass is 10.3. The number of hydrogen-bond donors (Lipinski definition) is 3. The van der Waals surface area contributed by atoms with Crippen LogP contribution in [0.2, 0.25) is 0 Å². The molecular formula is C15H18N2O5S2. The van der Waals surface area contributed by atoms with Crippen LogP contribution in [-0.4, -0.2) is 37.5 Å². The molecule has 0 saturated heterocycles. The molecule has 0 atom stereocenters. The second-order valence-electron chi connectivity index (χ2n) is 4.76. The van der Waals surface area contributed by atoms with Crippen LogP contribution in [0, 0.1) is 0 Å². The predicted octanol–water partition coefficient (Wildman–Crippen LogP) is 1.42. The molecule has 0 spiro atoms. The van der Waals surface area contributed by atoms with Crippen LogP contribution in [0.25, 0.3) is 0 Å². The predicted molar refractivity (Wildman–Crippen MR) is 92.2 cm³/mol. The van der Waals surface area contributed by atoms with Crippen molar-refractivity contribution in [2.75, 3.05) is 23.4 Å². The van der Waals surface area contributed by atoms with Crippen LogP contribution in [0.1, 0.15) is 5.76 Å². The van der Waals surface area contributed by atoms with E-state index in [4.69, 9.17) is 9.52 Å². The number of furan rings is 1. The normalized spacial score (nSPS) is 11.4. The van der Waals surface area contributed by atoms with Gasteiger partial charge < -0.3 is 14.8 Å². The molecule has 0 aliphatic heterocycles. The summed E-state index contributed by atoms with van der Waals surface area (Å²) in [5.74, 6) is 0.905. The number of carbonyl (C=O) groups excluding carboxylic acids is 1. The lowest BCUT2D eigenvalue weighted by molar-refractivity contribution is -0.113. The molecule has 0 unspecified atom stereocenters. The summed E-state index contributed by atoms with van der Waals surface area (Å²) in [6.45, 7) is 0.0523. The molecule has 0 fully saturated rings. The van der Waals surface area contributed by atoms with Crippen molar-refractivity contribution in [3.05, 3.63) is 48.4 Å².